The van der Waals surface area contributed by atoms with Gasteiger partial charge in [0, 0.05) is 28.4 Å². The van der Waals surface area contributed by atoms with Crippen LogP contribution in [0.3, 0.4) is 0 Å². The van der Waals surface area contributed by atoms with Gasteiger partial charge in [0.1, 0.15) is 11.6 Å². The number of urea groups is 1. The van der Waals surface area contributed by atoms with Crippen molar-refractivity contribution >= 4 is 35.1 Å². The molecule has 0 aliphatic heterocycles. The molecule has 1 heterocycles. The molecule has 3 amide bonds. The standard InChI is InChI=1S/C21H20FN3O3S/c22-18-5-1-2-6-19(18)29-13-11-20(26)24-15-7-9-16(10-8-15)25-21(27)23-14-17-4-3-12-28-17/h1-10,12H,11,13-14H2,(H,24,26)(H2,23,25,27). The van der Waals surface area contributed by atoms with Crippen LogP contribution in [0.5, 0.6) is 0 Å². The van der Waals surface area contributed by atoms with Gasteiger partial charge in [0.15, 0.2) is 0 Å². The quantitative estimate of drug-likeness (QED) is 0.461. The van der Waals surface area contributed by atoms with E-state index in [0.29, 0.717) is 27.8 Å². The Bertz CT molecular complexity index is 946. The molecule has 0 atom stereocenters. The number of hydrogen-bond donors (Lipinski definition) is 3. The summed E-state index contributed by atoms with van der Waals surface area (Å²) in [7, 11) is 0. The summed E-state index contributed by atoms with van der Waals surface area (Å²) in [6.07, 6.45) is 1.80. The molecule has 29 heavy (non-hydrogen) atoms. The van der Waals surface area contributed by atoms with Crippen LogP contribution in [0.4, 0.5) is 20.6 Å². The van der Waals surface area contributed by atoms with E-state index in [9.17, 15) is 14.0 Å². The van der Waals surface area contributed by atoms with Crippen molar-refractivity contribution in [3.63, 3.8) is 0 Å². The number of benzene rings is 2. The molecular formula is C21H20FN3O3S. The predicted octanol–water partition coefficient (Wildman–Crippen LogP) is 4.86. The Kier molecular flexibility index (Phi) is 7.29. The van der Waals surface area contributed by atoms with Crippen LogP contribution < -0.4 is 16.0 Å². The number of hydrogen-bond acceptors (Lipinski definition) is 4. The molecule has 3 aromatic rings. The minimum atomic E-state index is -0.358. The molecule has 3 N–H and O–H groups in total. The highest BCUT2D eigenvalue weighted by Crippen LogP contribution is 2.22. The van der Waals surface area contributed by atoms with Crippen LogP contribution >= 0.6 is 11.8 Å². The largest absolute Gasteiger partial charge is 0.467 e. The van der Waals surface area contributed by atoms with E-state index in [1.165, 1.54) is 17.8 Å². The van der Waals surface area contributed by atoms with Crippen LogP contribution in [-0.4, -0.2) is 17.7 Å². The third-order valence-electron chi connectivity index (χ3n) is 3.85. The number of furan rings is 1. The molecule has 0 aliphatic rings. The molecule has 0 fully saturated rings. The van der Waals surface area contributed by atoms with Gasteiger partial charge >= 0.3 is 6.03 Å². The summed E-state index contributed by atoms with van der Waals surface area (Å²) in [6, 6.07) is 16.4. The Balaban J connectivity index is 1.39. The zero-order chi connectivity index (χ0) is 20.5. The molecule has 6 nitrogen and oxygen atoms in total. The van der Waals surface area contributed by atoms with E-state index >= 15 is 0 Å². The minimum Gasteiger partial charge on any atom is -0.467 e. The third kappa shape index (κ3) is 6.69. The first-order valence-corrected chi connectivity index (χ1v) is 9.93. The van der Waals surface area contributed by atoms with Crippen molar-refractivity contribution in [2.45, 2.75) is 17.9 Å². The third-order valence-corrected chi connectivity index (χ3v) is 4.90. The SMILES string of the molecule is O=C(CCSc1ccccc1F)Nc1ccc(NC(=O)NCc2ccco2)cc1. The zero-order valence-corrected chi connectivity index (χ0v) is 16.3. The smallest absolute Gasteiger partial charge is 0.319 e. The molecule has 0 spiro atoms. The van der Waals surface area contributed by atoms with Crippen molar-refractivity contribution in [3.05, 3.63) is 78.5 Å². The van der Waals surface area contributed by atoms with E-state index in [1.807, 2.05) is 0 Å². The van der Waals surface area contributed by atoms with Gasteiger partial charge in [-0.3, -0.25) is 4.79 Å². The number of anilines is 2. The second-order valence-corrected chi connectivity index (χ2v) is 7.18. The summed E-state index contributed by atoms with van der Waals surface area (Å²) >= 11 is 1.30. The van der Waals surface area contributed by atoms with Crippen LogP contribution in [0.2, 0.25) is 0 Å². The summed E-state index contributed by atoms with van der Waals surface area (Å²) in [5.74, 6) is 0.689. The monoisotopic (exact) mass is 413 g/mol. The molecule has 8 heteroatoms. The highest BCUT2D eigenvalue weighted by molar-refractivity contribution is 7.99. The lowest BCUT2D eigenvalue weighted by molar-refractivity contribution is -0.115. The molecule has 0 aliphatic carbocycles. The summed E-state index contributed by atoms with van der Waals surface area (Å²) in [5, 5.41) is 8.16. The van der Waals surface area contributed by atoms with E-state index in [2.05, 4.69) is 16.0 Å². The van der Waals surface area contributed by atoms with Gasteiger partial charge in [0.25, 0.3) is 0 Å². The molecule has 0 bridgehead atoms. The maximum Gasteiger partial charge on any atom is 0.319 e. The summed E-state index contributed by atoms with van der Waals surface area (Å²) in [4.78, 5) is 24.4. The lowest BCUT2D eigenvalue weighted by Crippen LogP contribution is -2.27. The number of halogens is 1. The maximum atomic E-state index is 13.5. The van der Waals surface area contributed by atoms with Crippen molar-refractivity contribution in [1.82, 2.24) is 5.32 Å². The molecule has 1 aromatic heterocycles. The van der Waals surface area contributed by atoms with E-state index < -0.39 is 0 Å². The van der Waals surface area contributed by atoms with E-state index in [1.54, 1.807) is 60.9 Å². The zero-order valence-electron chi connectivity index (χ0n) is 15.5. The van der Waals surface area contributed by atoms with Gasteiger partial charge in [-0.05, 0) is 48.5 Å². The van der Waals surface area contributed by atoms with Crippen LogP contribution in [-0.2, 0) is 11.3 Å². The van der Waals surface area contributed by atoms with Crippen molar-refractivity contribution in [2.24, 2.45) is 0 Å². The number of nitrogens with one attached hydrogen (secondary N) is 3. The highest BCUT2D eigenvalue weighted by Gasteiger charge is 2.07. The maximum absolute atomic E-state index is 13.5. The number of carbonyl (C=O) groups excluding carboxylic acids is 2. The van der Waals surface area contributed by atoms with Gasteiger partial charge in [-0.15, -0.1) is 11.8 Å². The Labute approximate surface area is 171 Å². The first-order valence-electron chi connectivity index (χ1n) is 8.94. The average Bonchev–Trinajstić information content (AvgIpc) is 3.23. The molecule has 150 valence electrons. The second-order valence-electron chi connectivity index (χ2n) is 6.04. The number of amides is 3. The molecule has 0 radical (unpaired) electrons. The second kappa shape index (κ2) is 10.3. The first-order chi connectivity index (χ1) is 14.1. The number of carbonyl (C=O) groups is 2. The summed E-state index contributed by atoms with van der Waals surface area (Å²) < 4.78 is 18.7. The Morgan fingerprint density at radius 2 is 1.66 bits per heavy atom. The molecule has 0 saturated carbocycles. The number of thioether (sulfide) groups is 1. The molecular weight excluding hydrogens is 393 g/mol. The molecule has 0 unspecified atom stereocenters. The van der Waals surface area contributed by atoms with Crippen LogP contribution in [0.25, 0.3) is 0 Å². The van der Waals surface area contributed by atoms with Gasteiger partial charge in [-0.25, -0.2) is 9.18 Å². The summed E-state index contributed by atoms with van der Waals surface area (Å²) in [6.45, 7) is 0.290. The van der Waals surface area contributed by atoms with Crippen LogP contribution in [0.1, 0.15) is 12.2 Å². The Morgan fingerprint density at radius 3 is 2.34 bits per heavy atom. The normalized spacial score (nSPS) is 10.4. The van der Waals surface area contributed by atoms with Crippen LogP contribution in [0, 0.1) is 5.82 Å². The van der Waals surface area contributed by atoms with Crippen LogP contribution in [0.15, 0.2) is 76.2 Å². The Hall–Kier alpha value is -3.26. The first kappa shape index (κ1) is 20.5. The van der Waals surface area contributed by atoms with Crippen molar-refractivity contribution in [1.29, 1.82) is 0 Å². The molecule has 3 rings (SSSR count). The lowest BCUT2D eigenvalue weighted by Gasteiger charge is -2.09. The van der Waals surface area contributed by atoms with Gasteiger partial charge in [-0.2, -0.15) is 0 Å². The van der Waals surface area contributed by atoms with Crippen molar-refractivity contribution in [2.75, 3.05) is 16.4 Å². The fourth-order valence-electron chi connectivity index (χ4n) is 2.43. The fraction of sp³-hybridized carbons (Fsp3) is 0.143. The predicted molar refractivity (Wildman–Crippen MR) is 111 cm³/mol. The topological polar surface area (TPSA) is 83.4 Å². The molecule has 0 saturated heterocycles. The minimum absolute atomic E-state index is 0.161. The van der Waals surface area contributed by atoms with E-state index in [0.717, 1.165) is 0 Å². The highest BCUT2D eigenvalue weighted by atomic mass is 32.2. The van der Waals surface area contributed by atoms with E-state index in [-0.39, 0.29) is 30.7 Å². The van der Waals surface area contributed by atoms with Crippen molar-refractivity contribution < 1.29 is 18.4 Å². The van der Waals surface area contributed by atoms with Gasteiger partial charge in [-0.1, -0.05) is 12.1 Å². The fourth-order valence-corrected chi connectivity index (χ4v) is 3.32. The van der Waals surface area contributed by atoms with Gasteiger partial charge < -0.3 is 20.4 Å². The van der Waals surface area contributed by atoms with E-state index in [4.69, 9.17) is 4.42 Å². The number of rotatable bonds is 8. The average molecular weight is 413 g/mol. The lowest BCUT2D eigenvalue weighted by atomic mass is 10.2. The van der Waals surface area contributed by atoms with Gasteiger partial charge in [0.2, 0.25) is 5.91 Å². The van der Waals surface area contributed by atoms with Gasteiger partial charge in [0.05, 0.1) is 12.8 Å². The Morgan fingerprint density at radius 1 is 0.931 bits per heavy atom. The molecule has 2 aromatic carbocycles. The van der Waals surface area contributed by atoms with Crippen molar-refractivity contribution in [3.8, 4) is 0 Å². The summed E-state index contributed by atoms with van der Waals surface area (Å²) in [5.41, 5.74) is 1.21.